The van der Waals surface area contributed by atoms with Crippen molar-refractivity contribution in [1.82, 2.24) is 10.2 Å². The van der Waals surface area contributed by atoms with E-state index in [1.165, 1.54) is 32.7 Å². The zero-order valence-electron chi connectivity index (χ0n) is 20.8. The molecule has 0 spiro atoms. The van der Waals surface area contributed by atoms with Crippen molar-refractivity contribution in [1.29, 1.82) is 0 Å². The number of nitrogens with zero attached hydrogens (tertiary/aromatic N) is 2. The van der Waals surface area contributed by atoms with Gasteiger partial charge in [-0.3, -0.25) is 14.9 Å². The van der Waals surface area contributed by atoms with Crippen LogP contribution in [0, 0.1) is 0 Å². The van der Waals surface area contributed by atoms with Gasteiger partial charge in [0.25, 0.3) is 11.8 Å². The molecule has 1 saturated heterocycles. The summed E-state index contributed by atoms with van der Waals surface area (Å²) in [6.45, 7) is 2.86. The van der Waals surface area contributed by atoms with E-state index in [4.69, 9.17) is 26.4 Å². The lowest BCUT2D eigenvalue weighted by Gasteiger charge is -2.36. The molecule has 0 radical (unpaired) electrons. The monoisotopic (exact) mass is 540 g/mol. The number of amides is 2. The summed E-state index contributed by atoms with van der Waals surface area (Å²) in [5, 5.41) is 7.78. The highest BCUT2D eigenvalue weighted by molar-refractivity contribution is 7.80. The Bertz CT molecular complexity index is 1230. The van der Waals surface area contributed by atoms with Crippen molar-refractivity contribution in [2.75, 3.05) is 57.7 Å². The Morgan fingerprint density at radius 2 is 1.57 bits per heavy atom. The number of nitrogens with one attached hydrogen (secondary N) is 2. The summed E-state index contributed by atoms with van der Waals surface area (Å²) < 4.78 is 15.9. The van der Waals surface area contributed by atoms with E-state index in [2.05, 4.69) is 15.5 Å². The zero-order chi connectivity index (χ0) is 26.4. The van der Waals surface area contributed by atoms with E-state index in [9.17, 15) is 9.59 Å². The van der Waals surface area contributed by atoms with Gasteiger partial charge in [-0.15, -0.1) is 11.3 Å². The number of carbonyl (C=O) groups excluding carboxylic acids is 2. The Labute approximate surface area is 224 Å². The minimum atomic E-state index is -0.414. The van der Waals surface area contributed by atoms with Crippen molar-refractivity contribution in [3.8, 4) is 17.2 Å². The van der Waals surface area contributed by atoms with Crippen LogP contribution in [0.2, 0.25) is 0 Å². The molecular weight excluding hydrogens is 512 g/mol. The Kier molecular flexibility index (Phi) is 8.47. The van der Waals surface area contributed by atoms with E-state index in [-0.39, 0.29) is 11.0 Å². The highest BCUT2D eigenvalue weighted by Gasteiger charge is 2.23. The van der Waals surface area contributed by atoms with Gasteiger partial charge in [-0.1, -0.05) is 6.07 Å². The van der Waals surface area contributed by atoms with Crippen LogP contribution in [0.25, 0.3) is 0 Å². The van der Waals surface area contributed by atoms with Crippen molar-refractivity contribution < 1.29 is 23.8 Å². The van der Waals surface area contributed by atoms with E-state index in [0.717, 1.165) is 29.3 Å². The summed E-state index contributed by atoms with van der Waals surface area (Å²) in [4.78, 5) is 30.2. The first-order valence-corrected chi connectivity index (χ1v) is 12.8. The third kappa shape index (κ3) is 6.12. The van der Waals surface area contributed by atoms with Crippen LogP contribution in [0.15, 0.2) is 53.9 Å². The van der Waals surface area contributed by atoms with Gasteiger partial charge in [0.2, 0.25) is 5.75 Å². The van der Waals surface area contributed by atoms with Crippen LogP contribution in [-0.4, -0.2) is 69.3 Å². The Morgan fingerprint density at radius 1 is 0.919 bits per heavy atom. The van der Waals surface area contributed by atoms with Crippen LogP contribution in [0.3, 0.4) is 0 Å². The molecule has 2 N–H and O–H groups in total. The zero-order valence-corrected chi connectivity index (χ0v) is 22.4. The molecule has 0 unspecified atom stereocenters. The number of thiophene rings is 1. The normalized spacial score (nSPS) is 13.1. The predicted octanol–water partition coefficient (Wildman–Crippen LogP) is 3.86. The second-order valence-electron chi connectivity index (χ2n) is 8.13. The topological polar surface area (TPSA) is 92.4 Å². The summed E-state index contributed by atoms with van der Waals surface area (Å²) in [6.07, 6.45) is 0. The number of hydrogen-bond donors (Lipinski definition) is 2. The van der Waals surface area contributed by atoms with Gasteiger partial charge in [-0.05, 0) is 60.1 Å². The molecule has 2 heterocycles. The highest BCUT2D eigenvalue weighted by Crippen LogP contribution is 2.38. The number of anilines is 2. The summed E-state index contributed by atoms with van der Waals surface area (Å²) in [5.74, 6) is 0.828. The van der Waals surface area contributed by atoms with E-state index in [1.807, 2.05) is 46.7 Å². The first-order valence-electron chi connectivity index (χ1n) is 11.5. The van der Waals surface area contributed by atoms with Crippen LogP contribution in [0.4, 0.5) is 11.4 Å². The molecule has 4 rings (SSSR count). The van der Waals surface area contributed by atoms with Gasteiger partial charge < -0.3 is 29.3 Å². The molecule has 0 bridgehead atoms. The molecule has 3 aromatic rings. The smallest absolute Gasteiger partial charge is 0.264 e. The van der Waals surface area contributed by atoms with Crippen molar-refractivity contribution in [2.45, 2.75) is 0 Å². The minimum absolute atomic E-state index is 0.0938. The lowest BCUT2D eigenvalue weighted by atomic mass is 10.1. The third-order valence-electron chi connectivity index (χ3n) is 5.94. The Balaban J connectivity index is 1.31. The molecule has 2 aromatic carbocycles. The maximum atomic E-state index is 12.8. The van der Waals surface area contributed by atoms with Gasteiger partial charge in [0.1, 0.15) is 0 Å². The first-order chi connectivity index (χ1) is 17.9. The predicted molar refractivity (Wildman–Crippen MR) is 149 cm³/mol. The number of thiocarbonyl (C=S) groups is 1. The fourth-order valence-corrected chi connectivity index (χ4v) is 4.93. The molecule has 2 amide bonds. The van der Waals surface area contributed by atoms with Crippen LogP contribution >= 0.6 is 23.6 Å². The van der Waals surface area contributed by atoms with Gasteiger partial charge in [-0.2, -0.15) is 0 Å². The van der Waals surface area contributed by atoms with Gasteiger partial charge in [0.05, 0.1) is 26.2 Å². The average molecular weight is 541 g/mol. The van der Waals surface area contributed by atoms with E-state index in [0.29, 0.717) is 35.9 Å². The first kappa shape index (κ1) is 26.2. The number of benzene rings is 2. The fraction of sp³-hybridized carbons (Fsp3) is 0.269. The Hall–Kier alpha value is -3.83. The van der Waals surface area contributed by atoms with Crippen molar-refractivity contribution in [3.05, 3.63) is 64.4 Å². The fourth-order valence-electron chi connectivity index (χ4n) is 4.03. The van der Waals surface area contributed by atoms with Crippen LogP contribution in [-0.2, 0) is 0 Å². The number of rotatable bonds is 7. The number of carbonyl (C=O) groups is 2. The molecular formula is C26H28N4O5S2. The minimum Gasteiger partial charge on any atom is -0.493 e. The van der Waals surface area contributed by atoms with Crippen LogP contribution in [0.5, 0.6) is 17.2 Å². The molecule has 0 aliphatic carbocycles. The van der Waals surface area contributed by atoms with Gasteiger partial charge in [0, 0.05) is 43.1 Å². The largest absolute Gasteiger partial charge is 0.493 e. The molecule has 0 saturated carbocycles. The van der Waals surface area contributed by atoms with Gasteiger partial charge >= 0.3 is 0 Å². The molecule has 1 aromatic heterocycles. The molecule has 37 heavy (non-hydrogen) atoms. The van der Waals surface area contributed by atoms with E-state index >= 15 is 0 Å². The van der Waals surface area contributed by atoms with Crippen molar-refractivity contribution in [2.24, 2.45) is 0 Å². The highest BCUT2D eigenvalue weighted by atomic mass is 32.1. The number of methoxy groups -OCH3 is 3. The molecule has 1 aliphatic heterocycles. The summed E-state index contributed by atoms with van der Waals surface area (Å²) in [5.41, 5.74) is 2.11. The summed E-state index contributed by atoms with van der Waals surface area (Å²) in [6, 6.07) is 14.7. The Morgan fingerprint density at radius 3 is 2.11 bits per heavy atom. The number of hydrogen-bond acceptors (Lipinski definition) is 8. The lowest BCUT2D eigenvalue weighted by molar-refractivity contribution is 0.0751. The molecule has 194 valence electrons. The van der Waals surface area contributed by atoms with E-state index < -0.39 is 5.91 Å². The molecule has 1 aliphatic rings. The number of ether oxygens (including phenoxy) is 3. The maximum Gasteiger partial charge on any atom is 0.264 e. The standard InChI is InChI=1S/C26H28N4O5S2/c1-33-20-15-17(16-21(34-2)23(20)35-3)24(31)28-26(36)27-18-6-8-19(9-7-18)29-10-12-30(13-11-29)25(32)22-5-4-14-37-22/h4-9,14-16H,10-13H2,1-3H3,(H2,27,28,31,36). The van der Waals surface area contributed by atoms with Crippen LogP contribution in [0.1, 0.15) is 20.0 Å². The summed E-state index contributed by atoms with van der Waals surface area (Å²) >= 11 is 6.81. The third-order valence-corrected chi connectivity index (χ3v) is 7.01. The van der Waals surface area contributed by atoms with Crippen molar-refractivity contribution >= 4 is 51.9 Å². The van der Waals surface area contributed by atoms with Crippen LogP contribution < -0.4 is 29.7 Å². The second-order valence-corrected chi connectivity index (χ2v) is 9.48. The quantitative estimate of drug-likeness (QED) is 0.437. The van der Waals surface area contributed by atoms with Gasteiger partial charge in [-0.25, -0.2) is 0 Å². The van der Waals surface area contributed by atoms with Gasteiger partial charge in [0.15, 0.2) is 16.6 Å². The molecule has 0 atom stereocenters. The maximum absolute atomic E-state index is 12.8. The lowest BCUT2D eigenvalue weighted by Crippen LogP contribution is -2.48. The van der Waals surface area contributed by atoms with Crippen molar-refractivity contribution in [3.63, 3.8) is 0 Å². The summed E-state index contributed by atoms with van der Waals surface area (Å²) in [7, 11) is 4.47. The number of piperazine rings is 1. The molecule has 11 heteroatoms. The molecule has 9 nitrogen and oxygen atoms in total. The van der Waals surface area contributed by atoms with E-state index in [1.54, 1.807) is 12.1 Å². The second kappa shape index (κ2) is 11.9. The SMILES string of the molecule is COc1cc(C(=O)NC(=S)Nc2ccc(N3CCN(C(=O)c4cccs4)CC3)cc2)cc(OC)c1OC. The average Bonchev–Trinajstić information content (AvgIpc) is 3.47. The molecule has 1 fully saturated rings.